The molecule has 0 aliphatic heterocycles. The average molecular weight is 322 g/mol. The minimum absolute atomic E-state index is 0.261. The van der Waals surface area contributed by atoms with Crippen molar-refractivity contribution in [1.82, 2.24) is 25.1 Å². The molecule has 6 nitrogen and oxygen atoms in total. The van der Waals surface area contributed by atoms with Gasteiger partial charge in [0, 0.05) is 13.1 Å². The number of aromatic nitrogens is 4. The molecule has 1 aromatic carbocycles. The van der Waals surface area contributed by atoms with Crippen LogP contribution in [0.5, 0.6) is 0 Å². The molecule has 0 aliphatic rings. The van der Waals surface area contributed by atoms with Crippen LogP contribution < -0.4 is 5.32 Å². The number of hydrogen-bond donors (Lipinski definition) is 1. The molecule has 0 saturated heterocycles. The van der Waals surface area contributed by atoms with Crippen LogP contribution in [0.25, 0.3) is 11.0 Å². The summed E-state index contributed by atoms with van der Waals surface area (Å²) >= 11 is 6.72. The van der Waals surface area contributed by atoms with Gasteiger partial charge in [0.25, 0.3) is 5.91 Å². The number of nitrogens with zero attached hydrogens (tertiary/aromatic N) is 4. The van der Waals surface area contributed by atoms with Gasteiger partial charge in [-0.15, -0.1) is 10.2 Å². The standard InChI is InChI=1S/C13H12ClN5OS/c1-8-16-9-4-2-3-5-10(9)19(8)7-6-15-11(20)12-17-18-13(14)21-12/h2-5H,6-7H2,1H3,(H,15,20). The highest BCUT2D eigenvalue weighted by Gasteiger charge is 2.12. The molecule has 0 saturated carbocycles. The van der Waals surface area contributed by atoms with Crippen molar-refractivity contribution in [2.24, 2.45) is 0 Å². The van der Waals surface area contributed by atoms with Crippen molar-refractivity contribution in [2.75, 3.05) is 6.54 Å². The summed E-state index contributed by atoms with van der Waals surface area (Å²) < 4.78 is 2.33. The van der Waals surface area contributed by atoms with Crippen molar-refractivity contribution < 1.29 is 4.79 Å². The molecule has 0 spiro atoms. The van der Waals surface area contributed by atoms with Gasteiger partial charge < -0.3 is 9.88 Å². The number of imidazole rings is 1. The smallest absolute Gasteiger partial charge is 0.282 e. The van der Waals surface area contributed by atoms with Gasteiger partial charge >= 0.3 is 0 Å². The predicted octanol–water partition coefficient (Wildman–Crippen LogP) is 2.28. The molecule has 2 heterocycles. The summed E-state index contributed by atoms with van der Waals surface area (Å²) in [6, 6.07) is 7.92. The lowest BCUT2D eigenvalue weighted by Crippen LogP contribution is -2.27. The second kappa shape index (κ2) is 5.79. The molecule has 0 atom stereocenters. The fraction of sp³-hybridized carbons (Fsp3) is 0.231. The molecule has 0 radical (unpaired) electrons. The van der Waals surface area contributed by atoms with Crippen molar-refractivity contribution in [2.45, 2.75) is 13.5 Å². The van der Waals surface area contributed by atoms with Crippen molar-refractivity contribution in [3.05, 3.63) is 39.6 Å². The summed E-state index contributed by atoms with van der Waals surface area (Å²) in [5, 5.41) is 10.4. The molecular weight excluding hydrogens is 310 g/mol. The third-order valence-electron chi connectivity index (χ3n) is 3.06. The second-order valence-electron chi connectivity index (χ2n) is 4.42. The molecular formula is C13H12ClN5OS. The molecule has 1 N–H and O–H groups in total. The zero-order chi connectivity index (χ0) is 14.8. The van der Waals surface area contributed by atoms with Crippen LogP contribution in [-0.2, 0) is 6.54 Å². The average Bonchev–Trinajstić information content (AvgIpc) is 3.03. The highest BCUT2D eigenvalue weighted by atomic mass is 35.5. The van der Waals surface area contributed by atoms with Gasteiger partial charge in [0.05, 0.1) is 11.0 Å². The first-order valence-electron chi connectivity index (χ1n) is 6.34. The summed E-state index contributed by atoms with van der Waals surface area (Å²) in [6.07, 6.45) is 0. The van der Waals surface area contributed by atoms with E-state index < -0.39 is 0 Å². The van der Waals surface area contributed by atoms with E-state index in [9.17, 15) is 4.79 Å². The van der Waals surface area contributed by atoms with Crippen LogP contribution in [0.3, 0.4) is 0 Å². The number of rotatable bonds is 4. The number of amides is 1. The topological polar surface area (TPSA) is 72.7 Å². The van der Waals surface area contributed by atoms with Crippen LogP contribution in [0.2, 0.25) is 4.47 Å². The van der Waals surface area contributed by atoms with E-state index >= 15 is 0 Å². The lowest BCUT2D eigenvalue weighted by atomic mass is 10.3. The first-order valence-corrected chi connectivity index (χ1v) is 7.53. The zero-order valence-electron chi connectivity index (χ0n) is 11.2. The lowest BCUT2D eigenvalue weighted by Gasteiger charge is -2.07. The molecule has 0 unspecified atom stereocenters. The van der Waals surface area contributed by atoms with E-state index in [-0.39, 0.29) is 15.4 Å². The van der Waals surface area contributed by atoms with Crippen LogP contribution in [0.15, 0.2) is 24.3 Å². The molecule has 8 heteroatoms. The molecule has 0 fully saturated rings. The lowest BCUT2D eigenvalue weighted by molar-refractivity contribution is 0.0951. The van der Waals surface area contributed by atoms with Gasteiger partial charge in [0.2, 0.25) is 9.47 Å². The number of fused-ring (bicyclic) bond motifs is 1. The van der Waals surface area contributed by atoms with Crippen molar-refractivity contribution in [1.29, 1.82) is 0 Å². The van der Waals surface area contributed by atoms with Gasteiger partial charge in [-0.1, -0.05) is 23.5 Å². The third kappa shape index (κ3) is 2.88. The Bertz CT molecular complexity index is 797. The van der Waals surface area contributed by atoms with Crippen LogP contribution in [0.1, 0.15) is 15.6 Å². The monoisotopic (exact) mass is 321 g/mol. The Labute approximate surface area is 129 Å². The SMILES string of the molecule is Cc1nc2ccccc2n1CCNC(=O)c1nnc(Cl)s1. The first-order chi connectivity index (χ1) is 10.1. The maximum Gasteiger partial charge on any atom is 0.282 e. The molecule has 2 aromatic heterocycles. The molecule has 3 rings (SSSR count). The summed E-state index contributed by atoms with van der Waals surface area (Å²) in [6.45, 7) is 3.08. The maximum absolute atomic E-state index is 11.8. The summed E-state index contributed by atoms with van der Waals surface area (Å²) in [4.78, 5) is 16.3. The molecule has 0 aliphatic carbocycles. The molecule has 0 bridgehead atoms. The molecule has 1 amide bonds. The van der Waals surface area contributed by atoms with Gasteiger partial charge in [0.1, 0.15) is 5.82 Å². The maximum atomic E-state index is 11.8. The molecule has 108 valence electrons. The number of carbonyl (C=O) groups is 1. The van der Waals surface area contributed by atoms with Crippen LogP contribution in [-0.4, -0.2) is 32.2 Å². The number of benzene rings is 1. The Balaban J connectivity index is 1.67. The van der Waals surface area contributed by atoms with Gasteiger partial charge in [-0.2, -0.15) is 0 Å². The number of nitrogens with one attached hydrogen (secondary N) is 1. The summed E-state index contributed by atoms with van der Waals surface area (Å²) in [5.41, 5.74) is 2.01. The zero-order valence-corrected chi connectivity index (χ0v) is 12.8. The van der Waals surface area contributed by atoms with Crippen molar-refractivity contribution >= 4 is 39.9 Å². The van der Waals surface area contributed by atoms with Crippen LogP contribution in [0, 0.1) is 6.92 Å². The Hall–Kier alpha value is -1.99. The largest absolute Gasteiger partial charge is 0.348 e. The summed E-state index contributed by atoms with van der Waals surface area (Å²) in [7, 11) is 0. The van der Waals surface area contributed by atoms with Crippen molar-refractivity contribution in [3.63, 3.8) is 0 Å². The molecule has 21 heavy (non-hydrogen) atoms. The number of para-hydroxylation sites is 2. The number of aryl methyl sites for hydroxylation is 1. The number of hydrogen-bond acceptors (Lipinski definition) is 5. The Morgan fingerprint density at radius 2 is 2.19 bits per heavy atom. The van der Waals surface area contributed by atoms with E-state index in [1.807, 2.05) is 31.2 Å². The van der Waals surface area contributed by atoms with Crippen molar-refractivity contribution in [3.8, 4) is 0 Å². The summed E-state index contributed by atoms with van der Waals surface area (Å²) in [5.74, 6) is 0.658. The highest BCUT2D eigenvalue weighted by Crippen LogP contribution is 2.16. The minimum Gasteiger partial charge on any atom is -0.348 e. The van der Waals surface area contributed by atoms with E-state index in [4.69, 9.17) is 11.6 Å². The minimum atomic E-state index is -0.263. The van der Waals surface area contributed by atoms with Gasteiger partial charge in [-0.05, 0) is 30.7 Å². The Kier molecular flexibility index (Phi) is 3.85. The van der Waals surface area contributed by atoms with Crippen LogP contribution in [0.4, 0.5) is 0 Å². The van der Waals surface area contributed by atoms with Crippen LogP contribution >= 0.6 is 22.9 Å². The van der Waals surface area contributed by atoms with E-state index in [0.717, 1.165) is 28.2 Å². The number of carbonyl (C=O) groups excluding carboxylic acids is 1. The van der Waals surface area contributed by atoms with Gasteiger partial charge in [0.15, 0.2) is 0 Å². The molecule has 3 aromatic rings. The Morgan fingerprint density at radius 1 is 1.38 bits per heavy atom. The normalized spacial score (nSPS) is 11.0. The second-order valence-corrected chi connectivity index (χ2v) is 5.98. The predicted molar refractivity (Wildman–Crippen MR) is 81.7 cm³/mol. The van der Waals surface area contributed by atoms with E-state index in [1.54, 1.807) is 0 Å². The van der Waals surface area contributed by atoms with Gasteiger partial charge in [-0.3, -0.25) is 4.79 Å². The number of halogens is 1. The van der Waals surface area contributed by atoms with E-state index in [2.05, 4.69) is 25.1 Å². The Morgan fingerprint density at radius 3 is 2.95 bits per heavy atom. The fourth-order valence-electron chi connectivity index (χ4n) is 2.13. The first kappa shape index (κ1) is 14.0. The van der Waals surface area contributed by atoms with Gasteiger partial charge in [-0.25, -0.2) is 4.98 Å². The third-order valence-corrected chi connectivity index (χ3v) is 4.08. The van der Waals surface area contributed by atoms with E-state index in [0.29, 0.717) is 13.1 Å². The van der Waals surface area contributed by atoms with E-state index in [1.165, 1.54) is 0 Å². The highest BCUT2D eigenvalue weighted by molar-refractivity contribution is 7.17. The quantitative estimate of drug-likeness (QED) is 0.800. The fourth-order valence-corrected chi connectivity index (χ4v) is 2.88.